The van der Waals surface area contributed by atoms with Crippen molar-refractivity contribution in [2.24, 2.45) is 24.3 Å². The largest absolute Gasteiger partial charge is 0.338 e. The molecule has 0 aliphatic heterocycles. The van der Waals surface area contributed by atoms with Gasteiger partial charge < -0.3 is 9.88 Å². The average molecular weight is 275 g/mol. The second-order valence-electron chi connectivity index (χ2n) is 8.22. The molecule has 3 heteroatoms. The van der Waals surface area contributed by atoms with Gasteiger partial charge in [0.1, 0.15) is 5.82 Å². The maximum Gasteiger partial charge on any atom is 0.108 e. The van der Waals surface area contributed by atoms with E-state index in [1.807, 2.05) is 6.20 Å². The number of aromatic nitrogens is 2. The number of fused-ring (bicyclic) bond motifs is 1. The fourth-order valence-corrected chi connectivity index (χ4v) is 3.91. The van der Waals surface area contributed by atoms with Gasteiger partial charge in [-0.15, -0.1) is 0 Å². The quantitative estimate of drug-likeness (QED) is 0.894. The zero-order chi connectivity index (χ0) is 14.4. The van der Waals surface area contributed by atoms with Gasteiger partial charge >= 0.3 is 0 Å². The van der Waals surface area contributed by atoms with Crippen molar-refractivity contribution in [2.75, 3.05) is 6.54 Å². The zero-order valence-electron chi connectivity index (χ0n) is 13.4. The van der Waals surface area contributed by atoms with E-state index in [0.29, 0.717) is 5.41 Å². The molecule has 2 atom stereocenters. The van der Waals surface area contributed by atoms with Crippen LogP contribution < -0.4 is 5.32 Å². The highest BCUT2D eigenvalue weighted by Crippen LogP contribution is 2.61. The van der Waals surface area contributed by atoms with E-state index < -0.39 is 0 Å². The first-order valence-electron chi connectivity index (χ1n) is 8.08. The number of imidazole rings is 1. The molecule has 3 rings (SSSR count). The fourth-order valence-electron chi connectivity index (χ4n) is 3.91. The number of nitrogens with zero attached hydrogens (tertiary/aromatic N) is 2. The summed E-state index contributed by atoms with van der Waals surface area (Å²) in [4.78, 5) is 4.49. The molecule has 1 aromatic heterocycles. The molecular weight excluding hydrogens is 246 g/mol. The summed E-state index contributed by atoms with van der Waals surface area (Å²) in [5, 5.41) is 3.76. The second-order valence-corrected chi connectivity index (χ2v) is 8.22. The Labute approximate surface area is 123 Å². The van der Waals surface area contributed by atoms with E-state index in [4.69, 9.17) is 0 Å². The van der Waals surface area contributed by atoms with Crippen LogP contribution in [0.4, 0.5) is 0 Å². The fraction of sp³-hybridized carbons (Fsp3) is 0.824. The van der Waals surface area contributed by atoms with Crippen LogP contribution in [0.2, 0.25) is 0 Å². The van der Waals surface area contributed by atoms with Crippen molar-refractivity contribution in [3.8, 4) is 0 Å². The first-order chi connectivity index (χ1) is 9.37. The lowest BCUT2D eigenvalue weighted by molar-refractivity contribution is 0.206. The molecule has 0 bridgehead atoms. The van der Waals surface area contributed by atoms with Crippen LogP contribution in [0.5, 0.6) is 0 Å². The average Bonchev–Trinajstić information content (AvgIpc) is 2.80. The van der Waals surface area contributed by atoms with Gasteiger partial charge in [-0.1, -0.05) is 0 Å². The highest BCUT2D eigenvalue weighted by molar-refractivity contribution is 5.06. The Morgan fingerprint density at radius 2 is 2.05 bits per heavy atom. The van der Waals surface area contributed by atoms with Gasteiger partial charge in [-0.3, -0.25) is 0 Å². The van der Waals surface area contributed by atoms with Crippen LogP contribution in [-0.4, -0.2) is 21.6 Å². The predicted molar refractivity (Wildman–Crippen MR) is 82.5 cm³/mol. The van der Waals surface area contributed by atoms with Gasteiger partial charge in [0.25, 0.3) is 0 Å². The van der Waals surface area contributed by atoms with Crippen LogP contribution in [0.3, 0.4) is 0 Å². The van der Waals surface area contributed by atoms with Gasteiger partial charge in [-0.2, -0.15) is 0 Å². The van der Waals surface area contributed by atoms with Gasteiger partial charge in [-0.05, 0) is 63.7 Å². The lowest BCUT2D eigenvalue weighted by atomic mass is 9.78. The number of aryl methyl sites for hydroxylation is 2. The molecule has 0 radical (unpaired) electrons. The molecule has 2 aliphatic carbocycles. The summed E-state index contributed by atoms with van der Waals surface area (Å²) in [7, 11) is 2.11. The Morgan fingerprint density at radius 1 is 1.35 bits per heavy atom. The number of nitrogens with one attached hydrogen (secondary N) is 1. The third-order valence-electron chi connectivity index (χ3n) is 5.25. The topological polar surface area (TPSA) is 29.9 Å². The molecule has 2 saturated carbocycles. The van der Waals surface area contributed by atoms with E-state index in [9.17, 15) is 0 Å². The molecule has 0 spiro atoms. The molecular formula is C17H29N3. The van der Waals surface area contributed by atoms with E-state index in [1.165, 1.54) is 38.1 Å². The Kier molecular flexibility index (Phi) is 3.44. The molecule has 1 aromatic rings. The predicted octanol–water partition coefficient (Wildman–Crippen LogP) is 3.16. The summed E-state index contributed by atoms with van der Waals surface area (Å²) < 4.78 is 2.17. The van der Waals surface area contributed by atoms with Crippen molar-refractivity contribution in [3.63, 3.8) is 0 Å². The lowest BCUT2D eigenvalue weighted by Gasteiger charge is -2.35. The molecule has 1 heterocycles. The first-order valence-corrected chi connectivity index (χ1v) is 8.08. The first kappa shape index (κ1) is 14.1. The molecule has 20 heavy (non-hydrogen) atoms. The summed E-state index contributed by atoms with van der Waals surface area (Å²) in [6, 6.07) is 0. The highest BCUT2D eigenvalue weighted by Gasteiger charge is 2.53. The molecule has 0 aromatic carbocycles. The van der Waals surface area contributed by atoms with Crippen molar-refractivity contribution in [1.82, 2.24) is 14.9 Å². The number of rotatable bonds is 5. The molecule has 3 nitrogen and oxygen atoms in total. The van der Waals surface area contributed by atoms with Gasteiger partial charge in [0, 0.05) is 37.9 Å². The van der Waals surface area contributed by atoms with Crippen LogP contribution in [-0.2, 0) is 13.5 Å². The van der Waals surface area contributed by atoms with E-state index in [1.54, 1.807) is 0 Å². The maximum absolute atomic E-state index is 4.49. The zero-order valence-corrected chi connectivity index (χ0v) is 13.4. The molecule has 2 unspecified atom stereocenters. The van der Waals surface area contributed by atoms with Crippen LogP contribution >= 0.6 is 0 Å². The maximum atomic E-state index is 4.49. The minimum Gasteiger partial charge on any atom is -0.338 e. The summed E-state index contributed by atoms with van der Waals surface area (Å²) in [6.07, 6.45) is 10.8. The van der Waals surface area contributed by atoms with Crippen molar-refractivity contribution in [3.05, 3.63) is 18.2 Å². The van der Waals surface area contributed by atoms with Crippen LogP contribution in [0, 0.1) is 17.3 Å². The Bertz CT molecular complexity index is 459. The molecule has 0 saturated heterocycles. The summed E-state index contributed by atoms with van der Waals surface area (Å²) in [5.41, 5.74) is 0.746. The molecule has 1 N–H and O–H groups in total. The molecule has 0 amide bonds. The van der Waals surface area contributed by atoms with Gasteiger partial charge in [0.15, 0.2) is 0 Å². The minimum absolute atomic E-state index is 0.225. The normalized spacial score (nSPS) is 32.4. The summed E-state index contributed by atoms with van der Waals surface area (Å²) in [6.45, 7) is 7.99. The Hall–Kier alpha value is -0.830. The van der Waals surface area contributed by atoms with Crippen molar-refractivity contribution < 1.29 is 0 Å². The summed E-state index contributed by atoms with van der Waals surface area (Å²) >= 11 is 0. The Balaban J connectivity index is 1.62. The monoisotopic (exact) mass is 275 g/mol. The van der Waals surface area contributed by atoms with Crippen molar-refractivity contribution >= 4 is 0 Å². The van der Waals surface area contributed by atoms with Crippen LogP contribution in [0.25, 0.3) is 0 Å². The number of hydrogen-bond donors (Lipinski definition) is 1. The standard InChI is InChI=1S/C17H29N3/c1-16(2,3)19-12-17(10-13-9-14(13)11-17)6-5-15-18-7-8-20(15)4/h7-8,13-14,19H,5-6,9-12H2,1-4H3. The lowest BCUT2D eigenvalue weighted by Crippen LogP contribution is -2.43. The SMILES string of the molecule is Cn1ccnc1CCC1(CNC(C)(C)C)CC2CC2C1. The van der Waals surface area contributed by atoms with Crippen LogP contribution in [0.15, 0.2) is 12.4 Å². The third kappa shape index (κ3) is 3.08. The molecule has 112 valence electrons. The minimum atomic E-state index is 0.225. The van der Waals surface area contributed by atoms with E-state index in [0.717, 1.165) is 18.3 Å². The smallest absolute Gasteiger partial charge is 0.108 e. The van der Waals surface area contributed by atoms with Crippen molar-refractivity contribution in [1.29, 1.82) is 0 Å². The van der Waals surface area contributed by atoms with E-state index in [-0.39, 0.29) is 5.54 Å². The molecule has 2 fully saturated rings. The van der Waals surface area contributed by atoms with Gasteiger partial charge in [-0.25, -0.2) is 4.98 Å². The summed E-state index contributed by atoms with van der Waals surface area (Å²) in [5.74, 6) is 3.32. The van der Waals surface area contributed by atoms with E-state index in [2.05, 4.69) is 48.9 Å². The Morgan fingerprint density at radius 3 is 2.60 bits per heavy atom. The second kappa shape index (κ2) is 4.87. The number of hydrogen-bond acceptors (Lipinski definition) is 2. The van der Waals surface area contributed by atoms with E-state index >= 15 is 0 Å². The molecule has 2 aliphatic rings. The van der Waals surface area contributed by atoms with Gasteiger partial charge in [0.05, 0.1) is 0 Å². The van der Waals surface area contributed by atoms with Crippen LogP contribution in [0.1, 0.15) is 52.3 Å². The van der Waals surface area contributed by atoms with Gasteiger partial charge in [0.2, 0.25) is 0 Å². The third-order valence-corrected chi connectivity index (χ3v) is 5.25. The highest BCUT2D eigenvalue weighted by atomic mass is 15.0. The van der Waals surface area contributed by atoms with Crippen molar-refractivity contribution in [2.45, 2.75) is 58.4 Å².